The Bertz CT molecular complexity index is 959. The van der Waals surface area contributed by atoms with Crippen LogP contribution in [0.25, 0.3) is 11.0 Å². The van der Waals surface area contributed by atoms with Crippen LogP contribution in [0.3, 0.4) is 0 Å². The van der Waals surface area contributed by atoms with E-state index < -0.39 is 5.63 Å². The third kappa shape index (κ3) is 6.68. The van der Waals surface area contributed by atoms with Crippen molar-refractivity contribution in [2.24, 2.45) is 0 Å². The molecule has 5 nitrogen and oxygen atoms in total. The van der Waals surface area contributed by atoms with Gasteiger partial charge in [0.05, 0.1) is 17.6 Å². The second kappa shape index (κ2) is 10.9. The quantitative estimate of drug-likeness (QED) is 0.331. The van der Waals surface area contributed by atoms with Gasteiger partial charge >= 0.3 is 5.63 Å². The van der Waals surface area contributed by atoms with E-state index in [0.29, 0.717) is 22.5 Å². The molecule has 0 unspecified atom stereocenters. The summed E-state index contributed by atoms with van der Waals surface area (Å²) in [6.45, 7) is 14.2. The maximum atomic E-state index is 12.7. The van der Waals surface area contributed by atoms with E-state index in [4.69, 9.17) is 18.6 Å². The van der Waals surface area contributed by atoms with Crippen LogP contribution in [0, 0.1) is 0 Å². The van der Waals surface area contributed by atoms with E-state index in [1.807, 2.05) is 45.9 Å². The van der Waals surface area contributed by atoms with E-state index >= 15 is 0 Å². The van der Waals surface area contributed by atoms with Crippen molar-refractivity contribution in [3.8, 4) is 17.2 Å². The molecule has 0 aliphatic rings. The van der Waals surface area contributed by atoms with Gasteiger partial charge in [0, 0.05) is 0 Å². The first kappa shape index (κ1) is 23.6. The van der Waals surface area contributed by atoms with Gasteiger partial charge in [-0.15, -0.1) is 0 Å². The monoisotopic (exact) mass is 414 g/mol. The fourth-order valence-electron chi connectivity index (χ4n) is 2.94. The highest BCUT2D eigenvalue weighted by Crippen LogP contribution is 2.37. The second-order valence-corrected chi connectivity index (χ2v) is 8.20. The zero-order valence-corrected chi connectivity index (χ0v) is 19.2. The van der Waals surface area contributed by atoms with Gasteiger partial charge < -0.3 is 18.6 Å². The molecule has 0 saturated heterocycles. The van der Waals surface area contributed by atoms with Gasteiger partial charge in [0.15, 0.2) is 17.1 Å². The van der Waals surface area contributed by atoms with Crippen LogP contribution in [0.2, 0.25) is 0 Å². The number of para-hydroxylation sites is 1. The van der Waals surface area contributed by atoms with Crippen LogP contribution in [-0.2, 0) is 0 Å². The van der Waals surface area contributed by atoms with Crippen molar-refractivity contribution in [2.45, 2.75) is 73.5 Å². The molecule has 2 rings (SSSR count). The minimum Gasteiger partial charge on any atom is -0.487 e. The topological polar surface area (TPSA) is 57.9 Å². The van der Waals surface area contributed by atoms with Gasteiger partial charge in [0.1, 0.15) is 6.61 Å². The third-order valence-electron chi connectivity index (χ3n) is 4.28. The van der Waals surface area contributed by atoms with Crippen molar-refractivity contribution in [1.82, 2.24) is 0 Å². The summed E-state index contributed by atoms with van der Waals surface area (Å²) in [5.74, 6) is 0.988. The van der Waals surface area contributed by atoms with Crippen molar-refractivity contribution in [3.05, 3.63) is 51.9 Å². The summed E-state index contributed by atoms with van der Waals surface area (Å²) >= 11 is 0. The molecule has 0 saturated carbocycles. The number of hydrogen-bond donors (Lipinski definition) is 0. The van der Waals surface area contributed by atoms with Crippen LogP contribution >= 0.6 is 0 Å². The largest absolute Gasteiger partial charge is 0.487 e. The maximum Gasteiger partial charge on any atom is 0.383 e. The van der Waals surface area contributed by atoms with Crippen molar-refractivity contribution in [3.63, 3.8) is 0 Å². The minimum absolute atomic E-state index is 0.0502. The first-order valence-electron chi connectivity index (χ1n) is 10.5. The minimum atomic E-state index is -0.575. The Balaban J connectivity index is 2.36. The highest BCUT2D eigenvalue weighted by atomic mass is 16.5. The molecule has 1 aromatic heterocycles. The second-order valence-electron chi connectivity index (χ2n) is 8.20. The number of ether oxygens (including phenoxy) is 3. The summed E-state index contributed by atoms with van der Waals surface area (Å²) in [4.78, 5) is 12.7. The van der Waals surface area contributed by atoms with Crippen molar-refractivity contribution < 1.29 is 18.6 Å². The number of fused-ring (bicyclic) bond motifs is 1. The van der Waals surface area contributed by atoms with Gasteiger partial charge in [-0.2, -0.15) is 0 Å². The molecule has 1 heterocycles. The molecule has 0 amide bonds. The highest BCUT2D eigenvalue weighted by Gasteiger charge is 2.21. The zero-order valence-electron chi connectivity index (χ0n) is 19.2. The van der Waals surface area contributed by atoms with Crippen molar-refractivity contribution in [2.75, 3.05) is 6.61 Å². The van der Waals surface area contributed by atoms with E-state index in [-0.39, 0.29) is 24.6 Å². The molecule has 0 bridgehead atoms. The number of allylic oxidation sites excluding steroid dienone is 3. The molecule has 0 spiro atoms. The van der Waals surface area contributed by atoms with Crippen LogP contribution in [-0.4, -0.2) is 18.8 Å². The van der Waals surface area contributed by atoms with Crippen LogP contribution in [0.15, 0.2) is 50.7 Å². The van der Waals surface area contributed by atoms with Crippen LogP contribution in [0.1, 0.15) is 61.3 Å². The van der Waals surface area contributed by atoms with Crippen molar-refractivity contribution in [1.29, 1.82) is 0 Å². The Labute approximate surface area is 179 Å². The number of benzene rings is 1. The average Bonchev–Trinajstić information content (AvgIpc) is 2.63. The van der Waals surface area contributed by atoms with E-state index in [0.717, 1.165) is 12.8 Å². The van der Waals surface area contributed by atoms with Gasteiger partial charge in [-0.1, -0.05) is 23.3 Å². The Kier molecular flexibility index (Phi) is 8.58. The molecule has 2 aromatic rings. The van der Waals surface area contributed by atoms with Crippen LogP contribution < -0.4 is 19.8 Å². The molecule has 0 aliphatic heterocycles. The Hall–Kier alpha value is -2.69. The summed E-state index contributed by atoms with van der Waals surface area (Å²) in [6.07, 6.45) is 5.95. The molecular weight excluding hydrogens is 380 g/mol. The lowest BCUT2D eigenvalue weighted by Crippen LogP contribution is -2.14. The Morgan fingerprint density at radius 2 is 1.70 bits per heavy atom. The summed E-state index contributed by atoms with van der Waals surface area (Å²) in [6, 6.07) is 5.48. The molecule has 30 heavy (non-hydrogen) atoms. The lowest BCUT2D eigenvalue weighted by Gasteiger charge is -2.17. The van der Waals surface area contributed by atoms with Gasteiger partial charge in [-0.3, -0.25) is 0 Å². The third-order valence-corrected chi connectivity index (χ3v) is 4.28. The molecule has 0 atom stereocenters. The van der Waals surface area contributed by atoms with Gasteiger partial charge in [0.25, 0.3) is 0 Å². The van der Waals surface area contributed by atoms with E-state index in [1.165, 1.54) is 11.1 Å². The first-order chi connectivity index (χ1) is 14.2. The summed E-state index contributed by atoms with van der Waals surface area (Å²) in [5, 5.41) is 0.653. The molecule has 1 aromatic carbocycles. The SMILES string of the molecule is CC(C)=CCC/C(C)=C/COc1c(OC(C)C)c2cccc(OC(C)C)c2oc1=O. The standard InChI is InChI=1S/C25H34O5/c1-16(2)10-8-11-19(7)14-15-27-24-23(29-18(5)6)20-12-9-13-21(28-17(3)4)22(20)30-25(24)26/h9-10,12-14,17-18H,8,11,15H2,1-7H3/b19-14+. The number of hydrogen-bond acceptors (Lipinski definition) is 5. The Morgan fingerprint density at radius 3 is 2.33 bits per heavy atom. The van der Waals surface area contributed by atoms with Crippen molar-refractivity contribution >= 4 is 11.0 Å². The summed E-state index contributed by atoms with van der Waals surface area (Å²) in [7, 11) is 0. The van der Waals surface area contributed by atoms with E-state index in [9.17, 15) is 4.79 Å². The predicted molar refractivity (Wildman–Crippen MR) is 122 cm³/mol. The van der Waals surface area contributed by atoms with Gasteiger partial charge in [0.2, 0.25) is 5.75 Å². The average molecular weight is 415 g/mol. The lowest BCUT2D eigenvalue weighted by atomic mass is 10.1. The summed E-state index contributed by atoms with van der Waals surface area (Å²) in [5.41, 5.74) is 2.31. The fraction of sp³-hybridized carbons (Fsp3) is 0.480. The van der Waals surface area contributed by atoms with E-state index in [1.54, 1.807) is 6.07 Å². The molecule has 0 N–H and O–H groups in total. The molecule has 0 aliphatic carbocycles. The molecule has 5 heteroatoms. The fourth-order valence-corrected chi connectivity index (χ4v) is 2.94. The van der Waals surface area contributed by atoms with Gasteiger partial charge in [-0.25, -0.2) is 4.79 Å². The maximum absolute atomic E-state index is 12.7. The zero-order chi connectivity index (χ0) is 22.3. The normalized spacial score (nSPS) is 11.8. The first-order valence-corrected chi connectivity index (χ1v) is 10.5. The predicted octanol–water partition coefficient (Wildman–Crippen LogP) is 6.44. The lowest BCUT2D eigenvalue weighted by molar-refractivity contribution is 0.222. The van der Waals surface area contributed by atoms with Gasteiger partial charge in [-0.05, 0) is 79.5 Å². The smallest absolute Gasteiger partial charge is 0.383 e. The molecular formula is C25H34O5. The highest BCUT2D eigenvalue weighted by molar-refractivity contribution is 5.89. The van der Waals surface area contributed by atoms with Crippen LogP contribution in [0.5, 0.6) is 17.2 Å². The van der Waals surface area contributed by atoms with Crippen LogP contribution in [0.4, 0.5) is 0 Å². The number of rotatable bonds is 10. The Morgan fingerprint density at radius 1 is 1.00 bits per heavy atom. The van der Waals surface area contributed by atoms with E-state index in [2.05, 4.69) is 26.8 Å². The molecule has 164 valence electrons. The summed E-state index contributed by atoms with van der Waals surface area (Å²) < 4.78 is 23.2. The molecule has 0 fully saturated rings. The molecule has 0 radical (unpaired) electrons.